The van der Waals surface area contributed by atoms with Crippen LogP contribution in [0.1, 0.15) is 46.0 Å². The molecule has 0 spiro atoms. The average Bonchev–Trinajstić information content (AvgIpc) is 2.35. The van der Waals surface area contributed by atoms with E-state index in [1.165, 1.54) is 37.9 Å². The molecule has 0 radical (unpaired) electrons. The van der Waals surface area contributed by atoms with Crippen molar-refractivity contribution >= 4 is 13.7 Å². The zero-order valence-corrected chi connectivity index (χ0v) is 10.6. The smallest absolute Gasteiger partial charge is 0.109 e. The molecule has 0 aromatic heterocycles. The van der Waals surface area contributed by atoms with Crippen LogP contribution in [-0.2, 0) is 0 Å². The fourth-order valence-electron chi connectivity index (χ4n) is 3.11. The van der Waals surface area contributed by atoms with E-state index < -0.39 is 0 Å². The minimum atomic E-state index is 0.484. The normalized spacial score (nSPS) is 41.8. The summed E-state index contributed by atoms with van der Waals surface area (Å²) in [6, 6.07) is 1.25. The van der Waals surface area contributed by atoms with Crippen LogP contribution in [0.5, 0.6) is 0 Å². The SMILES string of the molecule is BC1(C)CCCCC2C(C1)N=C(C)N2C. The minimum Gasteiger partial charge on any atom is -0.359 e. The zero-order chi connectivity index (χ0) is 11.1. The van der Waals surface area contributed by atoms with Crippen molar-refractivity contribution in [3.63, 3.8) is 0 Å². The maximum Gasteiger partial charge on any atom is 0.109 e. The van der Waals surface area contributed by atoms with E-state index in [2.05, 4.69) is 33.6 Å². The topological polar surface area (TPSA) is 15.6 Å². The lowest BCUT2D eigenvalue weighted by atomic mass is 9.62. The zero-order valence-electron chi connectivity index (χ0n) is 10.6. The van der Waals surface area contributed by atoms with Gasteiger partial charge < -0.3 is 4.90 Å². The van der Waals surface area contributed by atoms with Crippen molar-refractivity contribution in [2.24, 2.45) is 4.99 Å². The highest BCUT2D eigenvalue weighted by Gasteiger charge is 2.36. The molecule has 0 N–H and O–H groups in total. The molecule has 1 heterocycles. The molecule has 1 fully saturated rings. The van der Waals surface area contributed by atoms with Crippen LogP contribution in [0.25, 0.3) is 0 Å². The molecule has 0 aromatic carbocycles. The first-order valence-corrected chi connectivity index (χ1v) is 6.27. The van der Waals surface area contributed by atoms with Crippen molar-refractivity contribution in [2.45, 2.75) is 63.3 Å². The maximum absolute atomic E-state index is 4.83. The van der Waals surface area contributed by atoms with Gasteiger partial charge in [-0.15, -0.1) is 0 Å². The van der Waals surface area contributed by atoms with Crippen LogP contribution in [-0.4, -0.2) is 37.7 Å². The van der Waals surface area contributed by atoms with Gasteiger partial charge >= 0.3 is 0 Å². The van der Waals surface area contributed by atoms with Crippen LogP contribution < -0.4 is 0 Å². The summed E-state index contributed by atoms with van der Waals surface area (Å²) < 4.78 is 0. The van der Waals surface area contributed by atoms with Gasteiger partial charge in [-0.05, 0) is 19.8 Å². The molecule has 0 saturated heterocycles. The lowest BCUT2D eigenvalue weighted by molar-refractivity contribution is 0.271. The van der Waals surface area contributed by atoms with Gasteiger partial charge in [0, 0.05) is 7.05 Å². The molecule has 2 nitrogen and oxygen atoms in total. The number of nitrogens with zero attached hydrogens (tertiary/aromatic N) is 2. The third-order valence-electron chi connectivity index (χ3n) is 4.17. The molecule has 1 aliphatic carbocycles. The Bertz CT molecular complexity index is 273. The van der Waals surface area contributed by atoms with E-state index in [0.29, 0.717) is 17.4 Å². The molecule has 3 unspecified atom stereocenters. The summed E-state index contributed by atoms with van der Waals surface area (Å²) in [5, 5.41) is 0.484. The summed E-state index contributed by atoms with van der Waals surface area (Å²) in [6.45, 7) is 4.55. The number of hydrogen-bond acceptors (Lipinski definition) is 2. The predicted molar refractivity (Wildman–Crippen MR) is 68.4 cm³/mol. The van der Waals surface area contributed by atoms with E-state index >= 15 is 0 Å². The highest BCUT2D eigenvalue weighted by atomic mass is 15.3. The number of aliphatic imine (C=N–C) groups is 1. The molecular weight excluding hydrogens is 183 g/mol. The Kier molecular flexibility index (Phi) is 2.82. The quantitative estimate of drug-likeness (QED) is 0.552. The molecule has 84 valence electrons. The van der Waals surface area contributed by atoms with Crippen LogP contribution in [0.4, 0.5) is 0 Å². The van der Waals surface area contributed by atoms with Crippen LogP contribution in [0.15, 0.2) is 4.99 Å². The summed E-state index contributed by atoms with van der Waals surface area (Å²) in [5.41, 5.74) is 0. The largest absolute Gasteiger partial charge is 0.359 e. The van der Waals surface area contributed by atoms with Gasteiger partial charge in [-0.3, -0.25) is 4.99 Å². The van der Waals surface area contributed by atoms with Crippen molar-refractivity contribution in [2.75, 3.05) is 7.05 Å². The first kappa shape index (κ1) is 11.0. The van der Waals surface area contributed by atoms with Crippen molar-refractivity contribution in [3.05, 3.63) is 0 Å². The van der Waals surface area contributed by atoms with E-state index in [-0.39, 0.29) is 0 Å². The molecule has 2 rings (SSSR count). The molecule has 0 amide bonds. The Balaban J connectivity index is 2.15. The van der Waals surface area contributed by atoms with Gasteiger partial charge in [-0.2, -0.15) is 0 Å². The Labute approximate surface area is 94.5 Å². The number of fused-ring (bicyclic) bond motifs is 1. The van der Waals surface area contributed by atoms with E-state index in [4.69, 9.17) is 4.99 Å². The van der Waals surface area contributed by atoms with Gasteiger partial charge in [-0.1, -0.05) is 31.5 Å². The van der Waals surface area contributed by atoms with Gasteiger partial charge in [0.15, 0.2) is 0 Å². The van der Waals surface area contributed by atoms with Crippen molar-refractivity contribution < 1.29 is 0 Å². The highest BCUT2D eigenvalue weighted by molar-refractivity contribution is 6.14. The molecule has 1 saturated carbocycles. The Hall–Kier alpha value is -0.465. The van der Waals surface area contributed by atoms with Crippen molar-refractivity contribution in [3.8, 4) is 0 Å². The van der Waals surface area contributed by atoms with E-state index in [0.717, 1.165) is 0 Å². The third kappa shape index (κ3) is 2.21. The first-order chi connectivity index (χ1) is 6.99. The summed E-state index contributed by atoms with van der Waals surface area (Å²) in [6.07, 6.45) is 6.73. The fraction of sp³-hybridized carbons (Fsp3) is 0.917. The second-order valence-electron chi connectivity index (χ2n) is 6.04. The predicted octanol–water partition coefficient (Wildman–Crippen LogP) is 1.86. The Morgan fingerprint density at radius 3 is 2.93 bits per heavy atom. The molecule has 15 heavy (non-hydrogen) atoms. The number of likely N-dealkylation sites (N-methyl/N-ethyl adjacent to an activating group) is 1. The van der Waals surface area contributed by atoms with Crippen molar-refractivity contribution in [1.82, 2.24) is 4.90 Å². The molecule has 1 aliphatic heterocycles. The Morgan fingerprint density at radius 1 is 1.47 bits per heavy atom. The maximum atomic E-state index is 4.83. The number of amidine groups is 1. The number of hydrogen-bond donors (Lipinski definition) is 0. The molecule has 3 heteroatoms. The summed E-state index contributed by atoms with van der Waals surface area (Å²) in [4.78, 5) is 7.23. The van der Waals surface area contributed by atoms with Crippen molar-refractivity contribution in [1.29, 1.82) is 0 Å². The number of rotatable bonds is 0. The molecule has 3 atom stereocenters. The Morgan fingerprint density at radius 2 is 2.20 bits per heavy atom. The van der Waals surface area contributed by atoms with Crippen LogP contribution in [0.3, 0.4) is 0 Å². The molecular formula is C12H23BN2. The minimum absolute atomic E-state index is 0.484. The van der Waals surface area contributed by atoms with Gasteiger partial charge in [0.25, 0.3) is 0 Å². The van der Waals surface area contributed by atoms with Gasteiger partial charge in [0.1, 0.15) is 7.85 Å². The lowest BCUT2D eigenvalue weighted by Crippen LogP contribution is -2.38. The van der Waals surface area contributed by atoms with E-state index in [1.807, 2.05) is 0 Å². The second kappa shape index (κ2) is 3.84. The molecule has 0 bridgehead atoms. The van der Waals surface area contributed by atoms with Crippen LogP contribution in [0, 0.1) is 0 Å². The standard InChI is InChI=1S/C12H23BN2/c1-9-14-10-8-12(2,13)7-5-4-6-11(10)15(9)3/h10-11H,4-8,13H2,1-3H3. The summed E-state index contributed by atoms with van der Waals surface area (Å²) >= 11 is 0. The van der Waals surface area contributed by atoms with E-state index in [9.17, 15) is 0 Å². The summed E-state index contributed by atoms with van der Waals surface area (Å²) in [5.74, 6) is 1.24. The lowest BCUT2D eigenvalue weighted by Gasteiger charge is -2.34. The molecule has 0 aromatic rings. The molecule has 2 aliphatic rings. The van der Waals surface area contributed by atoms with Gasteiger partial charge in [0.2, 0.25) is 0 Å². The monoisotopic (exact) mass is 206 g/mol. The third-order valence-corrected chi connectivity index (χ3v) is 4.17. The van der Waals surface area contributed by atoms with E-state index in [1.54, 1.807) is 0 Å². The average molecular weight is 206 g/mol. The van der Waals surface area contributed by atoms with Crippen LogP contribution >= 0.6 is 0 Å². The van der Waals surface area contributed by atoms with Gasteiger partial charge in [0.05, 0.1) is 17.9 Å². The first-order valence-electron chi connectivity index (χ1n) is 6.27. The second-order valence-corrected chi connectivity index (χ2v) is 6.04. The fourth-order valence-corrected chi connectivity index (χ4v) is 3.11. The summed E-state index contributed by atoms with van der Waals surface area (Å²) in [7, 11) is 4.61. The van der Waals surface area contributed by atoms with Gasteiger partial charge in [-0.25, -0.2) is 0 Å². The highest BCUT2D eigenvalue weighted by Crippen LogP contribution is 2.40. The van der Waals surface area contributed by atoms with Crippen LogP contribution in [0.2, 0.25) is 5.31 Å².